The minimum absolute atomic E-state index is 0.0859. The number of rotatable bonds is 3. The number of nitrogens with zero attached hydrogens (tertiary/aromatic N) is 2. The second kappa shape index (κ2) is 7.51. The van der Waals surface area contributed by atoms with E-state index in [1.165, 1.54) is 0 Å². The van der Waals surface area contributed by atoms with Gasteiger partial charge in [-0.25, -0.2) is 4.79 Å². The maximum atomic E-state index is 13.0. The predicted molar refractivity (Wildman–Crippen MR) is 89.2 cm³/mol. The number of piperidine rings is 1. The van der Waals surface area contributed by atoms with Crippen molar-refractivity contribution in [3.8, 4) is 0 Å². The minimum atomic E-state index is -0.535. The Morgan fingerprint density at radius 2 is 1.87 bits per heavy atom. The molecule has 2 rings (SSSR count). The Hall–Kier alpha value is -1.30. The van der Waals surface area contributed by atoms with Gasteiger partial charge in [0.15, 0.2) is 0 Å². The molecule has 0 aliphatic carbocycles. The number of carbonyl (C=O) groups excluding carboxylic acids is 2. The van der Waals surface area contributed by atoms with Crippen molar-refractivity contribution in [1.29, 1.82) is 0 Å². The molecule has 2 amide bonds. The number of carbonyl (C=O) groups is 2. The zero-order valence-corrected chi connectivity index (χ0v) is 14.9. The molecule has 2 aliphatic rings. The molecule has 1 N–H and O–H groups in total. The average Bonchev–Trinajstić information content (AvgIpc) is 2.97. The van der Waals surface area contributed by atoms with E-state index in [4.69, 9.17) is 4.74 Å². The summed E-state index contributed by atoms with van der Waals surface area (Å²) in [6.07, 6.45) is 3.20. The van der Waals surface area contributed by atoms with Gasteiger partial charge < -0.3 is 15.0 Å². The number of nitrogens with one attached hydrogen (secondary N) is 1. The van der Waals surface area contributed by atoms with Gasteiger partial charge in [-0.15, -0.1) is 0 Å². The van der Waals surface area contributed by atoms with Crippen LogP contribution in [0.3, 0.4) is 0 Å². The van der Waals surface area contributed by atoms with Crippen molar-refractivity contribution in [2.45, 2.75) is 71.1 Å². The Bertz CT molecular complexity index is 427. The highest BCUT2D eigenvalue weighted by molar-refractivity contribution is 5.86. The standard InChI is InChI=1S/C17H31N3O3/c1-5-19(13-8-10-18-11-9-13)15(21)14-7-6-12-20(14)16(22)23-17(2,3)4/h13-14,18H,5-12H2,1-4H3/t14-/m1/s1. The molecule has 0 unspecified atom stereocenters. The third-order valence-corrected chi connectivity index (χ3v) is 4.54. The maximum Gasteiger partial charge on any atom is 0.410 e. The largest absolute Gasteiger partial charge is 0.444 e. The molecular formula is C17H31N3O3. The van der Waals surface area contributed by atoms with Gasteiger partial charge in [0.25, 0.3) is 0 Å². The molecule has 0 spiro atoms. The molecule has 0 radical (unpaired) electrons. The Morgan fingerprint density at radius 3 is 2.43 bits per heavy atom. The van der Waals surface area contributed by atoms with Crippen LogP contribution in [0.25, 0.3) is 0 Å². The molecular weight excluding hydrogens is 294 g/mol. The summed E-state index contributed by atoms with van der Waals surface area (Å²) >= 11 is 0. The number of likely N-dealkylation sites (N-methyl/N-ethyl adjacent to an activating group) is 1. The summed E-state index contributed by atoms with van der Waals surface area (Å²) in [4.78, 5) is 29.0. The highest BCUT2D eigenvalue weighted by Crippen LogP contribution is 2.24. The third kappa shape index (κ3) is 4.59. The van der Waals surface area contributed by atoms with E-state index in [1.54, 1.807) is 4.90 Å². The van der Waals surface area contributed by atoms with Gasteiger partial charge >= 0.3 is 6.09 Å². The summed E-state index contributed by atoms with van der Waals surface area (Å²) in [5, 5.41) is 3.33. The Balaban J connectivity index is 2.05. The summed E-state index contributed by atoms with van der Waals surface area (Å²) in [5.74, 6) is 0.0859. The van der Waals surface area contributed by atoms with Crippen LogP contribution >= 0.6 is 0 Å². The normalized spacial score (nSPS) is 23.0. The smallest absolute Gasteiger partial charge is 0.410 e. The summed E-state index contributed by atoms with van der Waals surface area (Å²) in [6.45, 7) is 10.8. The lowest BCUT2D eigenvalue weighted by Crippen LogP contribution is -2.53. The maximum absolute atomic E-state index is 13.0. The van der Waals surface area contributed by atoms with Crippen molar-refractivity contribution in [2.24, 2.45) is 0 Å². The second-order valence-electron chi connectivity index (χ2n) is 7.44. The third-order valence-electron chi connectivity index (χ3n) is 4.54. The first-order valence-corrected chi connectivity index (χ1v) is 8.84. The Morgan fingerprint density at radius 1 is 1.22 bits per heavy atom. The zero-order valence-electron chi connectivity index (χ0n) is 14.9. The molecule has 132 valence electrons. The van der Waals surface area contributed by atoms with Crippen LogP contribution in [0.5, 0.6) is 0 Å². The first-order valence-electron chi connectivity index (χ1n) is 8.84. The zero-order chi connectivity index (χ0) is 17.0. The van der Waals surface area contributed by atoms with Crippen LogP contribution in [0, 0.1) is 0 Å². The van der Waals surface area contributed by atoms with Gasteiger partial charge in [-0.3, -0.25) is 9.69 Å². The van der Waals surface area contributed by atoms with Gasteiger partial charge in [-0.2, -0.15) is 0 Å². The molecule has 23 heavy (non-hydrogen) atoms. The van der Waals surface area contributed by atoms with Crippen LogP contribution in [-0.4, -0.2) is 65.7 Å². The van der Waals surface area contributed by atoms with Gasteiger partial charge in [0.1, 0.15) is 11.6 Å². The number of amides is 2. The second-order valence-corrected chi connectivity index (χ2v) is 7.44. The van der Waals surface area contributed by atoms with Crippen molar-refractivity contribution in [2.75, 3.05) is 26.2 Å². The van der Waals surface area contributed by atoms with E-state index in [2.05, 4.69) is 5.32 Å². The highest BCUT2D eigenvalue weighted by Gasteiger charge is 2.39. The van der Waals surface area contributed by atoms with Gasteiger partial charge in [0.05, 0.1) is 0 Å². The van der Waals surface area contributed by atoms with Crippen LogP contribution in [-0.2, 0) is 9.53 Å². The topological polar surface area (TPSA) is 61.9 Å². The number of likely N-dealkylation sites (tertiary alicyclic amines) is 1. The molecule has 2 fully saturated rings. The lowest BCUT2D eigenvalue weighted by atomic mass is 10.0. The van der Waals surface area contributed by atoms with E-state index < -0.39 is 5.60 Å². The first-order chi connectivity index (χ1) is 10.8. The molecule has 0 aromatic carbocycles. The van der Waals surface area contributed by atoms with Crippen molar-refractivity contribution < 1.29 is 14.3 Å². The monoisotopic (exact) mass is 325 g/mol. The van der Waals surface area contributed by atoms with Gasteiger partial charge in [-0.05, 0) is 66.5 Å². The molecule has 0 aromatic heterocycles. The molecule has 0 aromatic rings. The minimum Gasteiger partial charge on any atom is -0.444 e. The van der Waals surface area contributed by atoms with Gasteiger partial charge in [0, 0.05) is 19.1 Å². The van der Waals surface area contributed by atoms with E-state index in [9.17, 15) is 9.59 Å². The molecule has 1 atom stereocenters. The van der Waals surface area contributed by atoms with E-state index in [-0.39, 0.29) is 24.1 Å². The van der Waals surface area contributed by atoms with Crippen molar-refractivity contribution in [3.05, 3.63) is 0 Å². The first kappa shape index (κ1) is 18.0. The fourth-order valence-electron chi connectivity index (χ4n) is 3.47. The summed E-state index contributed by atoms with van der Waals surface area (Å²) in [5.41, 5.74) is -0.535. The van der Waals surface area contributed by atoms with E-state index in [1.807, 2.05) is 32.6 Å². The van der Waals surface area contributed by atoms with Crippen molar-refractivity contribution >= 4 is 12.0 Å². The number of hydrogen-bond donors (Lipinski definition) is 1. The lowest BCUT2D eigenvalue weighted by molar-refractivity contribution is -0.138. The quantitative estimate of drug-likeness (QED) is 0.862. The number of hydrogen-bond acceptors (Lipinski definition) is 4. The fraction of sp³-hybridized carbons (Fsp3) is 0.882. The van der Waals surface area contributed by atoms with Crippen molar-refractivity contribution in [3.63, 3.8) is 0 Å². The fourth-order valence-corrected chi connectivity index (χ4v) is 3.47. The predicted octanol–water partition coefficient (Wildman–Crippen LogP) is 1.99. The van der Waals surface area contributed by atoms with Gasteiger partial charge in [0.2, 0.25) is 5.91 Å². The molecule has 0 saturated carbocycles. The van der Waals surface area contributed by atoms with E-state index in [0.717, 1.165) is 38.8 Å². The summed E-state index contributed by atoms with van der Waals surface area (Å²) in [6, 6.07) is -0.0745. The molecule has 6 nitrogen and oxygen atoms in total. The lowest BCUT2D eigenvalue weighted by Gasteiger charge is -2.37. The molecule has 2 heterocycles. The Kier molecular flexibility index (Phi) is 5.89. The molecule has 2 aliphatic heterocycles. The highest BCUT2D eigenvalue weighted by atomic mass is 16.6. The van der Waals surface area contributed by atoms with Crippen LogP contribution < -0.4 is 5.32 Å². The SMILES string of the molecule is CCN(C(=O)[C@H]1CCCN1C(=O)OC(C)(C)C)C1CCNCC1. The molecule has 0 bridgehead atoms. The summed E-state index contributed by atoms with van der Waals surface area (Å²) < 4.78 is 5.47. The van der Waals surface area contributed by atoms with E-state index in [0.29, 0.717) is 13.1 Å². The number of ether oxygens (including phenoxy) is 1. The van der Waals surface area contributed by atoms with Crippen LogP contribution in [0.2, 0.25) is 0 Å². The van der Waals surface area contributed by atoms with E-state index >= 15 is 0 Å². The van der Waals surface area contributed by atoms with Crippen molar-refractivity contribution in [1.82, 2.24) is 15.1 Å². The van der Waals surface area contributed by atoms with Gasteiger partial charge in [-0.1, -0.05) is 0 Å². The van der Waals surface area contributed by atoms with Crippen LogP contribution in [0.4, 0.5) is 4.79 Å². The Labute approximate surface area is 139 Å². The summed E-state index contributed by atoms with van der Waals surface area (Å²) in [7, 11) is 0. The molecule has 2 saturated heterocycles. The molecule has 6 heteroatoms. The van der Waals surface area contributed by atoms with Crippen LogP contribution in [0.1, 0.15) is 53.4 Å². The van der Waals surface area contributed by atoms with Crippen LogP contribution in [0.15, 0.2) is 0 Å². The average molecular weight is 325 g/mol.